The number of amides is 1. The summed E-state index contributed by atoms with van der Waals surface area (Å²) in [5.41, 5.74) is 0.617. The molecule has 0 radical (unpaired) electrons. The topological polar surface area (TPSA) is 67.6 Å². The molecule has 1 aromatic heterocycles. The average molecular weight is 410 g/mol. The van der Waals surface area contributed by atoms with Gasteiger partial charge in [-0.15, -0.1) is 6.42 Å². The van der Waals surface area contributed by atoms with Crippen LogP contribution in [0.3, 0.4) is 0 Å². The van der Waals surface area contributed by atoms with Gasteiger partial charge in [-0.05, 0) is 29.8 Å². The van der Waals surface area contributed by atoms with Crippen molar-refractivity contribution in [3.63, 3.8) is 0 Å². The summed E-state index contributed by atoms with van der Waals surface area (Å²) < 4.78 is 30.6. The summed E-state index contributed by atoms with van der Waals surface area (Å²) in [7, 11) is -3.60. The van der Waals surface area contributed by atoms with E-state index in [9.17, 15) is 13.2 Å². The predicted molar refractivity (Wildman–Crippen MR) is 94.6 cm³/mol. The van der Waals surface area contributed by atoms with Gasteiger partial charge in [0.1, 0.15) is 11.5 Å². The van der Waals surface area contributed by atoms with E-state index in [2.05, 4.69) is 21.9 Å². The Morgan fingerprint density at radius 2 is 2.08 bits per heavy atom. The molecule has 0 aliphatic heterocycles. The molecule has 24 heavy (non-hydrogen) atoms. The second-order valence-corrected chi connectivity index (χ2v) is 8.18. The van der Waals surface area contributed by atoms with Crippen molar-refractivity contribution in [3.05, 3.63) is 58.5 Å². The summed E-state index contributed by atoms with van der Waals surface area (Å²) in [5.74, 6) is 1.57. The third-order valence-corrected chi connectivity index (χ3v) is 5.13. The molecule has 0 spiro atoms. The zero-order chi connectivity index (χ0) is 17.6. The summed E-state index contributed by atoms with van der Waals surface area (Å²) >= 11 is 3.29. The van der Waals surface area contributed by atoms with Gasteiger partial charge in [0.2, 0.25) is 5.91 Å². The lowest BCUT2D eigenvalue weighted by molar-refractivity contribution is -0.128. The fourth-order valence-corrected chi connectivity index (χ4v) is 3.94. The number of nitrogens with zero attached hydrogens (tertiary/aromatic N) is 1. The van der Waals surface area contributed by atoms with Gasteiger partial charge in [0.25, 0.3) is 0 Å². The third kappa shape index (κ3) is 5.55. The standard InChI is InChI=1S/C17H16BrNO4S/c1-2-8-19(11-16-7-4-9-23-16)17(20)13-24(21,22)12-14-5-3-6-15(18)10-14/h1,3-7,9-10H,8,11-13H2. The molecule has 0 bridgehead atoms. The van der Waals surface area contributed by atoms with E-state index < -0.39 is 21.5 Å². The first-order valence-electron chi connectivity index (χ1n) is 7.08. The van der Waals surface area contributed by atoms with E-state index >= 15 is 0 Å². The summed E-state index contributed by atoms with van der Waals surface area (Å²) in [6, 6.07) is 10.4. The smallest absolute Gasteiger partial charge is 0.238 e. The van der Waals surface area contributed by atoms with Crippen LogP contribution in [-0.2, 0) is 26.9 Å². The second-order valence-electron chi connectivity index (χ2n) is 5.20. The van der Waals surface area contributed by atoms with Crippen LogP contribution in [0.5, 0.6) is 0 Å². The number of hydrogen-bond donors (Lipinski definition) is 0. The number of halogens is 1. The Kier molecular flexibility index (Phi) is 6.23. The Morgan fingerprint density at radius 3 is 2.71 bits per heavy atom. The van der Waals surface area contributed by atoms with E-state index in [4.69, 9.17) is 10.8 Å². The number of sulfone groups is 1. The van der Waals surface area contributed by atoms with E-state index in [1.165, 1.54) is 11.2 Å². The van der Waals surface area contributed by atoms with Gasteiger partial charge in [0.05, 0.1) is 25.1 Å². The molecule has 0 fully saturated rings. The Bertz CT molecular complexity index is 838. The minimum atomic E-state index is -3.60. The first kappa shape index (κ1) is 18.3. The van der Waals surface area contributed by atoms with Crippen molar-refractivity contribution in [2.24, 2.45) is 0 Å². The van der Waals surface area contributed by atoms with Crippen LogP contribution in [0.25, 0.3) is 0 Å². The molecule has 0 atom stereocenters. The molecule has 0 N–H and O–H groups in total. The molecule has 0 saturated heterocycles. The van der Waals surface area contributed by atoms with E-state index in [0.717, 1.165) is 4.47 Å². The Labute approximate surface area is 149 Å². The minimum Gasteiger partial charge on any atom is -0.467 e. The van der Waals surface area contributed by atoms with Gasteiger partial charge in [0, 0.05) is 4.47 Å². The monoisotopic (exact) mass is 409 g/mol. The summed E-state index contributed by atoms with van der Waals surface area (Å²) in [6.45, 7) is 0.161. The van der Waals surface area contributed by atoms with Crippen LogP contribution >= 0.6 is 15.9 Å². The van der Waals surface area contributed by atoms with Crippen molar-refractivity contribution < 1.29 is 17.6 Å². The van der Waals surface area contributed by atoms with Crippen LogP contribution in [0.1, 0.15) is 11.3 Å². The number of terminal acetylenes is 1. The molecule has 0 aliphatic rings. The molecule has 0 unspecified atom stereocenters. The fraction of sp³-hybridized carbons (Fsp3) is 0.235. The van der Waals surface area contributed by atoms with Crippen molar-refractivity contribution in [2.45, 2.75) is 12.3 Å². The van der Waals surface area contributed by atoms with Gasteiger partial charge in [0.15, 0.2) is 9.84 Å². The largest absolute Gasteiger partial charge is 0.467 e. The van der Waals surface area contributed by atoms with Crippen LogP contribution in [0.4, 0.5) is 0 Å². The lowest BCUT2D eigenvalue weighted by Crippen LogP contribution is -2.35. The Balaban J connectivity index is 2.05. The van der Waals surface area contributed by atoms with Crippen LogP contribution in [0.15, 0.2) is 51.6 Å². The molecule has 0 saturated carbocycles. The lowest BCUT2D eigenvalue weighted by Gasteiger charge is -2.19. The van der Waals surface area contributed by atoms with Crippen LogP contribution < -0.4 is 0 Å². The molecular weight excluding hydrogens is 394 g/mol. The minimum absolute atomic E-state index is 0.0198. The van der Waals surface area contributed by atoms with Crippen molar-refractivity contribution in [3.8, 4) is 12.3 Å². The zero-order valence-electron chi connectivity index (χ0n) is 12.8. The van der Waals surface area contributed by atoms with Gasteiger partial charge in [-0.1, -0.05) is 34.0 Å². The molecule has 5 nitrogen and oxygen atoms in total. The van der Waals surface area contributed by atoms with Gasteiger partial charge in [-0.3, -0.25) is 4.79 Å². The average Bonchev–Trinajstić information content (AvgIpc) is 2.98. The zero-order valence-corrected chi connectivity index (χ0v) is 15.2. The van der Waals surface area contributed by atoms with Crippen LogP contribution in [0, 0.1) is 12.3 Å². The van der Waals surface area contributed by atoms with Gasteiger partial charge in [-0.2, -0.15) is 0 Å². The van der Waals surface area contributed by atoms with E-state index in [1.807, 2.05) is 0 Å². The number of furan rings is 1. The number of carbonyl (C=O) groups excluding carboxylic acids is 1. The highest BCUT2D eigenvalue weighted by atomic mass is 79.9. The molecule has 1 aromatic carbocycles. The first-order valence-corrected chi connectivity index (χ1v) is 9.69. The highest BCUT2D eigenvalue weighted by Gasteiger charge is 2.22. The normalized spacial score (nSPS) is 11.0. The van der Waals surface area contributed by atoms with Gasteiger partial charge < -0.3 is 9.32 Å². The highest BCUT2D eigenvalue weighted by molar-refractivity contribution is 9.10. The maximum Gasteiger partial charge on any atom is 0.238 e. The first-order chi connectivity index (χ1) is 11.4. The van der Waals surface area contributed by atoms with Gasteiger partial charge in [-0.25, -0.2) is 8.42 Å². The molecular formula is C17H16BrNO4S. The third-order valence-electron chi connectivity index (χ3n) is 3.18. The van der Waals surface area contributed by atoms with Crippen molar-refractivity contribution >= 4 is 31.7 Å². The quantitative estimate of drug-likeness (QED) is 0.659. The van der Waals surface area contributed by atoms with Crippen LogP contribution in [-0.4, -0.2) is 31.5 Å². The molecule has 7 heteroatoms. The molecule has 2 rings (SSSR count). The lowest BCUT2D eigenvalue weighted by atomic mass is 10.2. The molecule has 126 valence electrons. The summed E-state index contributed by atoms with van der Waals surface area (Å²) in [4.78, 5) is 13.6. The van der Waals surface area contributed by atoms with E-state index in [1.54, 1.807) is 36.4 Å². The van der Waals surface area contributed by atoms with E-state index in [0.29, 0.717) is 11.3 Å². The van der Waals surface area contributed by atoms with Crippen LogP contribution in [0.2, 0.25) is 0 Å². The molecule has 0 aliphatic carbocycles. The Morgan fingerprint density at radius 1 is 1.29 bits per heavy atom. The predicted octanol–water partition coefficient (Wildman–Crippen LogP) is 2.62. The van der Waals surface area contributed by atoms with E-state index in [-0.39, 0.29) is 18.8 Å². The maximum absolute atomic E-state index is 12.3. The summed E-state index contributed by atoms with van der Waals surface area (Å²) in [5, 5.41) is 0. The van der Waals surface area contributed by atoms with Gasteiger partial charge >= 0.3 is 0 Å². The molecule has 1 amide bonds. The molecule has 2 aromatic rings. The SMILES string of the molecule is C#CCN(Cc1ccco1)C(=O)CS(=O)(=O)Cc1cccc(Br)c1. The number of hydrogen-bond acceptors (Lipinski definition) is 4. The van der Waals surface area contributed by atoms with Crippen molar-refractivity contribution in [1.29, 1.82) is 0 Å². The maximum atomic E-state index is 12.3. The number of carbonyl (C=O) groups is 1. The number of rotatable bonds is 7. The number of benzene rings is 1. The van der Waals surface area contributed by atoms with Crippen molar-refractivity contribution in [2.75, 3.05) is 12.3 Å². The molecule has 1 heterocycles. The fourth-order valence-electron chi connectivity index (χ4n) is 2.14. The second kappa shape index (κ2) is 8.18. The van der Waals surface area contributed by atoms with Crippen molar-refractivity contribution in [1.82, 2.24) is 4.90 Å². The summed E-state index contributed by atoms with van der Waals surface area (Å²) in [6.07, 6.45) is 6.75. The highest BCUT2D eigenvalue weighted by Crippen LogP contribution is 2.15. The Hall–Kier alpha value is -2.04.